The molecule has 0 aromatic heterocycles. The van der Waals surface area contributed by atoms with E-state index < -0.39 is 0 Å². The first kappa shape index (κ1) is 18.9. The van der Waals surface area contributed by atoms with Gasteiger partial charge >= 0.3 is 0 Å². The number of benzene rings is 1. The van der Waals surface area contributed by atoms with E-state index in [1.165, 1.54) is 44.1 Å². The Morgan fingerprint density at radius 2 is 1.75 bits per heavy atom. The molecular formula is C26H37NO. The van der Waals surface area contributed by atoms with Gasteiger partial charge in [0.15, 0.2) is 0 Å². The van der Waals surface area contributed by atoms with E-state index in [-0.39, 0.29) is 10.8 Å². The standard InChI is InChI=1S/C26H37NO/c1-2-24-13-20-14-25(16-24,21-6-4-3-5-7-21)18-26(15-20,17-24)23(28)12-19-8-10-22(27)11-9-19/h3-7,19-20,22H,2,8-18,27H2,1H3/t19?,20?,22?,24-,25-,26?/m0/s1. The number of rotatable bonds is 5. The van der Waals surface area contributed by atoms with Crippen molar-refractivity contribution in [2.75, 3.05) is 0 Å². The van der Waals surface area contributed by atoms with Crippen molar-refractivity contribution in [3.8, 4) is 0 Å². The zero-order valence-corrected chi connectivity index (χ0v) is 17.6. The van der Waals surface area contributed by atoms with Gasteiger partial charge in [-0.25, -0.2) is 0 Å². The van der Waals surface area contributed by atoms with Crippen LogP contribution in [-0.2, 0) is 10.2 Å². The molecule has 2 heteroatoms. The molecule has 0 spiro atoms. The Kier molecular flexibility index (Phi) is 4.50. The van der Waals surface area contributed by atoms with E-state index in [4.69, 9.17) is 5.73 Å². The normalized spacial score (nSPS) is 44.6. The second-order valence-electron chi connectivity index (χ2n) is 11.2. The third-order valence-electron chi connectivity index (χ3n) is 9.28. The topological polar surface area (TPSA) is 43.1 Å². The summed E-state index contributed by atoms with van der Waals surface area (Å²) in [4.78, 5) is 13.8. The lowest BCUT2D eigenvalue weighted by atomic mass is 9.37. The molecule has 5 saturated carbocycles. The van der Waals surface area contributed by atoms with Crippen molar-refractivity contribution < 1.29 is 4.79 Å². The SMILES string of the molecule is CC[C@@]12CC3CC(C(=O)CC4CCC(N)CC4)(C1)C[C@](c1ccccc1)(C3)C2. The fraction of sp³-hybridized carbons (Fsp3) is 0.731. The van der Waals surface area contributed by atoms with Crippen LogP contribution in [0.5, 0.6) is 0 Å². The molecule has 4 bridgehead atoms. The fourth-order valence-electron chi connectivity index (χ4n) is 8.33. The molecule has 5 aliphatic rings. The van der Waals surface area contributed by atoms with Crippen molar-refractivity contribution in [3.05, 3.63) is 35.9 Å². The van der Waals surface area contributed by atoms with Gasteiger partial charge in [-0.05, 0) is 92.4 Å². The molecule has 0 heterocycles. The van der Waals surface area contributed by atoms with E-state index in [2.05, 4.69) is 37.3 Å². The lowest BCUT2D eigenvalue weighted by molar-refractivity contribution is -0.162. The number of hydrogen-bond donors (Lipinski definition) is 1. The van der Waals surface area contributed by atoms with Crippen LogP contribution in [0, 0.1) is 22.7 Å². The first-order valence-corrected chi connectivity index (χ1v) is 11.8. The Morgan fingerprint density at radius 3 is 2.46 bits per heavy atom. The lowest BCUT2D eigenvalue weighted by Crippen LogP contribution is -2.61. The summed E-state index contributed by atoms with van der Waals surface area (Å²) >= 11 is 0. The van der Waals surface area contributed by atoms with Crippen molar-refractivity contribution in [3.63, 3.8) is 0 Å². The fourth-order valence-corrected chi connectivity index (χ4v) is 8.33. The van der Waals surface area contributed by atoms with Crippen molar-refractivity contribution in [2.24, 2.45) is 28.4 Å². The highest BCUT2D eigenvalue weighted by Crippen LogP contribution is 2.71. The molecule has 6 rings (SSSR count). The second kappa shape index (κ2) is 6.69. The van der Waals surface area contributed by atoms with Crippen molar-refractivity contribution in [1.82, 2.24) is 0 Å². The Hall–Kier alpha value is -1.15. The van der Waals surface area contributed by atoms with Gasteiger partial charge < -0.3 is 5.73 Å². The van der Waals surface area contributed by atoms with Crippen LogP contribution in [0.3, 0.4) is 0 Å². The Labute approximate surface area is 170 Å². The Morgan fingerprint density at radius 1 is 1.00 bits per heavy atom. The molecule has 1 aromatic rings. The molecule has 2 N–H and O–H groups in total. The maximum absolute atomic E-state index is 13.8. The molecule has 1 aromatic carbocycles. The zero-order valence-electron chi connectivity index (χ0n) is 17.6. The van der Waals surface area contributed by atoms with Gasteiger partial charge in [-0.2, -0.15) is 0 Å². The van der Waals surface area contributed by atoms with Gasteiger partial charge in [-0.1, -0.05) is 43.7 Å². The quantitative estimate of drug-likeness (QED) is 0.704. The summed E-state index contributed by atoms with van der Waals surface area (Å²) in [6.07, 6.45) is 14.1. The van der Waals surface area contributed by atoms with E-state index in [0.717, 1.165) is 44.4 Å². The van der Waals surface area contributed by atoms with Crippen LogP contribution in [-0.4, -0.2) is 11.8 Å². The van der Waals surface area contributed by atoms with Crippen LogP contribution in [0.25, 0.3) is 0 Å². The van der Waals surface area contributed by atoms with Crippen LogP contribution >= 0.6 is 0 Å². The molecule has 0 amide bonds. The van der Waals surface area contributed by atoms with Gasteiger partial charge in [0, 0.05) is 17.9 Å². The monoisotopic (exact) mass is 379 g/mol. The van der Waals surface area contributed by atoms with E-state index in [9.17, 15) is 4.79 Å². The molecule has 0 saturated heterocycles. The predicted molar refractivity (Wildman–Crippen MR) is 114 cm³/mol. The van der Waals surface area contributed by atoms with E-state index >= 15 is 0 Å². The molecule has 152 valence electrons. The number of nitrogens with two attached hydrogens (primary N) is 1. The number of carbonyl (C=O) groups excluding carboxylic acids is 1. The van der Waals surface area contributed by atoms with Crippen molar-refractivity contribution in [1.29, 1.82) is 0 Å². The molecule has 28 heavy (non-hydrogen) atoms. The molecule has 0 aliphatic heterocycles. The van der Waals surface area contributed by atoms with Crippen LogP contribution in [0.2, 0.25) is 0 Å². The van der Waals surface area contributed by atoms with Gasteiger partial charge in [0.05, 0.1) is 0 Å². The Balaban J connectivity index is 1.45. The van der Waals surface area contributed by atoms with Crippen LogP contribution < -0.4 is 5.73 Å². The average molecular weight is 380 g/mol. The second-order valence-corrected chi connectivity index (χ2v) is 11.2. The third-order valence-corrected chi connectivity index (χ3v) is 9.28. The van der Waals surface area contributed by atoms with Gasteiger partial charge in [-0.15, -0.1) is 0 Å². The van der Waals surface area contributed by atoms with Crippen LogP contribution in [0.1, 0.15) is 89.5 Å². The molecular weight excluding hydrogens is 342 g/mol. The molecule has 2 unspecified atom stereocenters. The summed E-state index contributed by atoms with van der Waals surface area (Å²) in [6.45, 7) is 2.38. The largest absolute Gasteiger partial charge is 0.328 e. The van der Waals surface area contributed by atoms with Gasteiger partial charge in [-0.3, -0.25) is 4.79 Å². The minimum Gasteiger partial charge on any atom is -0.328 e. The lowest BCUT2D eigenvalue weighted by Gasteiger charge is -2.66. The molecule has 5 fully saturated rings. The van der Waals surface area contributed by atoms with Gasteiger partial charge in [0.1, 0.15) is 5.78 Å². The highest BCUT2D eigenvalue weighted by molar-refractivity contribution is 5.86. The first-order chi connectivity index (χ1) is 13.5. The molecule has 2 nitrogen and oxygen atoms in total. The summed E-state index contributed by atoms with van der Waals surface area (Å²) in [5, 5.41) is 0. The molecule has 4 atom stereocenters. The minimum atomic E-state index is -0.0369. The smallest absolute Gasteiger partial charge is 0.139 e. The number of ketones is 1. The Bertz CT molecular complexity index is 736. The number of carbonyl (C=O) groups is 1. The van der Waals surface area contributed by atoms with Crippen molar-refractivity contribution in [2.45, 2.75) is 95.4 Å². The van der Waals surface area contributed by atoms with E-state index in [1.54, 1.807) is 0 Å². The van der Waals surface area contributed by atoms with E-state index in [1.807, 2.05) is 0 Å². The van der Waals surface area contributed by atoms with Crippen LogP contribution in [0.4, 0.5) is 0 Å². The number of hydrogen-bond acceptors (Lipinski definition) is 2. The zero-order chi connectivity index (χ0) is 19.4. The highest BCUT2D eigenvalue weighted by atomic mass is 16.1. The summed E-state index contributed by atoms with van der Waals surface area (Å²) < 4.78 is 0. The molecule has 5 aliphatic carbocycles. The summed E-state index contributed by atoms with van der Waals surface area (Å²) in [7, 11) is 0. The maximum atomic E-state index is 13.8. The molecule has 0 radical (unpaired) electrons. The van der Waals surface area contributed by atoms with Crippen molar-refractivity contribution >= 4 is 5.78 Å². The first-order valence-electron chi connectivity index (χ1n) is 11.8. The van der Waals surface area contributed by atoms with Crippen LogP contribution in [0.15, 0.2) is 30.3 Å². The number of Topliss-reactive ketones (excluding diaryl/α,β-unsaturated/α-hetero) is 1. The highest BCUT2D eigenvalue weighted by Gasteiger charge is 2.64. The average Bonchev–Trinajstić information content (AvgIpc) is 2.69. The summed E-state index contributed by atoms with van der Waals surface area (Å²) in [6, 6.07) is 11.6. The summed E-state index contributed by atoms with van der Waals surface area (Å²) in [5.74, 6) is 1.96. The minimum absolute atomic E-state index is 0.0369. The van der Waals surface area contributed by atoms with Gasteiger partial charge in [0.2, 0.25) is 0 Å². The van der Waals surface area contributed by atoms with E-state index in [0.29, 0.717) is 23.2 Å². The third kappa shape index (κ3) is 2.98. The summed E-state index contributed by atoms with van der Waals surface area (Å²) in [5.41, 5.74) is 8.24. The maximum Gasteiger partial charge on any atom is 0.139 e. The predicted octanol–water partition coefficient (Wildman–Crippen LogP) is 5.78. The van der Waals surface area contributed by atoms with Gasteiger partial charge in [0.25, 0.3) is 0 Å².